The quantitative estimate of drug-likeness (QED) is 0.464. The van der Waals surface area contributed by atoms with E-state index in [0.29, 0.717) is 0 Å². The monoisotopic (exact) mass is 118 g/mol. The van der Waals surface area contributed by atoms with Gasteiger partial charge in [0.25, 0.3) is 0 Å². The molecule has 0 aromatic heterocycles. The molecule has 0 N–H and O–H groups in total. The van der Waals surface area contributed by atoms with Crippen molar-refractivity contribution in [3.8, 4) is 0 Å². The molecule has 0 amide bonds. The third kappa shape index (κ3) is 0.593. The van der Waals surface area contributed by atoms with Gasteiger partial charge < -0.3 is 0 Å². The van der Waals surface area contributed by atoms with E-state index in [-0.39, 0.29) is 0 Å². The van der Waals surface area contributed by atoms with E-state index in [1.807, 2.05) is 6.08 Å². The molecular weight excluding hydrogens is 108 g/mol. The summed E-state index contributed by atoms with van der Waals surface area (Å²) in [6.07, 6.45) is 8.01. The van der Waals surface area contributed by atoms with Gasteiger partial charge in [0.2, 0.25) is 0 Å². The summed E-state index contributed by atoms with van der Waals surface area (Å²) >= 11 is 0. The van der Waals surface area contributed by atoms with Crippen molar-refractivity contribution in [3.05, 3.63) is 35.5 Å². The Labute approximate surface area is 55.6 Å². The fourth-order valence-corrected chi connectivity index (χ4v) is 1.65. The molecule has 0 aromatic rings. The van der Waals surface area contributed by atoms with Gasteiger partial charge in [0.15, 0.2) is 0 Å². The molecule has 9 heavy (non-hydrogen) atoms. The molecule has 2 rings (SSSR count). The number of hydrogen-bond donors (Lipinski definition) is 0. The summed E-state index contributed by atoms with van der Waals surface area (Å²) in [5.41, 5.74) is 4.72. The Hall–Kier alpha value is -0.780. The molecule has 0 saturated carbocycles. The standard InChI is InChI=1S/C9H10/c1-2-8-5-7-3-4-9(8)6-7/h2-3H,1,4-6H2. The Kier molecular flexibility index (Phi) is 0.895. The first-order chi connectivity index (χ1) is 4.40. The largest absolute Gasteiger partial charge is 0.0988 e. The SMILES string of the molecule is C=CC1=C2CC=C(C1)C2. The van der Waals surface area contributed by atoms with E-state index in [1.54, 1.807) is 11.1 Å². The highest BCUT2D eigenvalue weighted by Gasteiger charge is 2.20. The van der Waals surface area contributed by atoms with Crippen LogP contribution in [0.3, 0.4) is 0 Å². The number of fused-ring (bicyclic) bond motifs is 2. The van der Waals surface area contributed by atoms with Crippen molar-refractivity contribution >= 4 is 0 Å². The van der Waals surface area contributed by atoms with Crippen molar-refractivity contribution in [1.82, 2.24) is 0 Å². The van der Waals surface area contributed by atoms with Gasteiger partial charge in [0.1, 0.15) is 0 Å². The normalized spacial score (nSPS) is 22.9. The summed E-state index contributed by atoms with van der Waals surface area (Å²) in [6.45, 7) is 3.78. The van der Waals surface area contributed by atoms with Gasteiger partial charge in [-0.2, -0.15) is 0 Å². The molecule has 0 unspecified atom stereocenters. The lowest BCUT2D eigenvalue weighted by atomic mass is 10.1. The molecule has 0 radical (unpaired) electrons. The van der Waals surface area contributed by atoms with Crippen molar-refractivity contribution in [3.63, 3.8) is 0 Å². The van der Waals surface area contributed by atoms with Crippen LogP contribution in [0.25, 0.3) is 0 Å². The summed E-state index contributed by atoms with van der Waals surface area (Å²) in [5, 5.41) is 0. The smallest absolute Gasteiger partial charge is 0.00642 e. The molecule has 0 saturated heterocycles. The number of rotatable bonds is 1. The van der Waals surface area contributed by atoms with Crippen LogP contribution in [0.1, 0.15) is 19.3 Å². The third-order valence-corrected chi connectivity index (χ3v) is 2.20. The van der Waals surface area contributed by atoms with Crippen LogP contribution in [0.15, 0.2) is 35.5 Å². The van der Waals surface area contributed by atoms with Crippen LogP contribution in [0.4, 0.5) is 0 Å². The van der Waals surface area contributed by atoms with Crippen molar-refractivity contribution < 1.29 is 0 Å². The number of hydrogen-bond acceptors (Lipinski definition) is 0. The Balaban J connectivity index is 2.38. The Morgan fingerprint density at radius 2 is 2.33 bits per heavy atom. The summed E-state index contributed by atoms with van der Waals surface area (Å²) in [5.74, 6) is 0. The fraction of sp³-hybridized carbons (Fsp3) is 0.333. The minimum Gasteiger partial charge on any atom is -0.0988 e. The molecule has 2 aliphatic rings. The average molecular weight is 118 g/mol. The Morgan fingerprint density at radius 1 is 1.44 bits per heavy atom. The fourth-order valence-electron chi connectivity index (χ4n) is 1.65. The molecule has 0 aromatic carbocycles. The molecular formula is C9H10. The molecule has 2 bridgehead atoms. The van der Waals surface area contributed by atoms with Crippen LogP contribution in [0.5, 0.6) is 0 Å². The van der Waals surface area contributed by atoms with E-state index in [9.17, 15) is 0 Å². The minimum absolute atomic E-state index is 1.19. The molecule has 0 heteroatoms. The first-order valence-corrected chi connectivity index (χ1v) is 3.41. The first kappa shape index (κ1) is 5.04. The lowest BCUT2D eigenvalue weighted by Gasteiger charge is -1.99. The van der Waals surface area contributed by atoms with E-state index in [1.165, 1.54) is 24.8 Å². The highest BCUT2D eigenvalue weighted by molar-refractivity contribution is 5.44. The molecule has 0 atom stereocenters. The molecule has 0 nitrogen and oxygen atoms in total. The van der Waals surface area contributed by atoms with Crippen LogP contribution in [-0.2, 0) is 0 Å². The van der Waals surface area contributed by atoms with Crippen molar-refractivity contribution in [2.75, 3.05) is 0 Å². The van der Waals surface area contributed by atoms with Gasteiger partial charge in [-0.05, 0) is 24.8 Å². The summed E-state index contributed by atoms with van der Waals surface area (Å²) in [4.78, 5) is 0. The second-order valence-electron chi connectivity index (χ2n) is 2.75. The minimum atomic E-state index is 1.19. The number of allylic oxidation sites excluding steroid dienone is 5. The molecule has 0 aliphatic heterocycles. The third-order valence-electron chi connectivity index (χ3n) is 2.20. The summed E-state index contributed by atoms with van der Waals surface area (Å²) in [7, 11) is 0. The van der Waals surface area contributed by atoms with Crippen LogP contribution in [0, 0.1) is 0 Å². The zero-order valence-corrected chi connectivity index (χ0v) is 5.48. The molecule has 0 spiro atoms. The zero-order valence-electron chi connectivity index (χ0n) is 5.48. The average Bonchev–Trinajstić information content (AvgIpc) is 2.45. The highest BCUT2D eigenvalue weighted by Crippen LogP contribution is 2.39. The predicted molar refractivity (Wildman–Crippen MR) is 39.2 cm³/mol. The summed E-state index contributed by atoms with van der Waals surface area (Å²) < 4.78 is 0. The Morgan fingerprint density at radius 3 is 2.67 bits per heavy atom. The van der Waals surface area contributed by atoms with Crippen LogP contribution < -0.4 is 0 Å². The van der Waals surface area contributed by atoms with Gasteiger partial charge in [0, 0.05) is 0 Å². The van der Waals surface area contributed by atoms with E-state index in [4.69, 9.17) is 0 Å². The zero-order chi connectivity index (χ0) is 6.27. The van der Waals surface area contributed by atoms with Crippen molar-refractivity contribution in [2.45, 2.75) is 19.3 Å². The Bertz CT molecular complexity index is 216. The molecule has 0 fully saturated rings. The first-order valence-electron chi connectivity index (χ1n) is 3.41. The predicted octanol–water partition coefficient (Wildman–Crippen LogP) is 2.59. The van der Waals surface area contributed by atoms with Crippen molar-refractivity contribution in [1.29, 1.82) is 0 Å². The molecule has 46 valence electrons. The topological polar surface area (TPSA) is 0 Å². The van der Waals surface area contributed by atoms with Crippen molar-refractivity contribution in [2.24, 2.45) is 0 Å². The maximum absolute atomic E-state index is 3.78. The van der Waals surface area contributed by atoms with Gasteiger partial charge in [0.05, 0.1) is 0 Å². The maximum Gasteiger partial charge on any atom is -0.00642 e. The van der Waals surface area contributed by atoms with Gasteiger partial charge in [-0.1, -0.05) is 29.9 Å². The van der Waals surface area contributed by atoms with Gasteiger partial charge in [-0.15, -0.1) is 0 Å². The second kappa shape index (κ2) is 1.60. The lowest BCUT2D eigenvalue weighted by molar-refractivity contribution is 1.17. The van der Waals surface area contributed by atoms with Crippen LogP contribution in [-0.4, -0.2) is 0 Å². The van der Waals surface area contributed by atoms with E-state index < -0.39 is 0 Å². The van der Waals surface area contributed by atoms with Crippen LogP contribution in [0.2, 0.25) is 0 Å². The van der Waals surface area contributed by atoms with Gasteiger partial charge >= 0.3 is 0 Å². The van der Waals surface area contributed by atoms with E-state index in [0.717, 1.165) is 0 Å². The van der Waals surface area contributed by atoms with Gasteiger partial charge in [-0.3, -0.25) is 0 Å². The van der Waals surface area contributed by atoms with Gasteiger partial charge in [-0.25, -0.2) is 0 Å². The van der Waals surface area contributed by atoms with E-state index in [2.05, 4.69) is 12.7 Å². The molecule has 2 aliphatic carbocycles. The second-order valence-corrected chi connectivity index (χ2v) is 2.75. The summed E-state index contributed by atoms with van der Waals surface area (Å²) in [6, 6.07) is 0. The van der Waals surface area contributed by atoms with Crippen LogP contribution >= 0.6 is 0 Å². The maximum atomic E-state index is 3.78. The lowest BCUT2D eigenvalue weighted by Crippen LogP contribution is -1.79. The highest BCUT2D eigenvalue weighted by atomic mass is 14.2. The van der Waals surface area contributed by atoms with E-state index >= 15 is 0 Å². The molecule has 0 heterocycles.